The summed E-state index contributed by atoms with van der Waals surface area (Å²) < 4.78 is 4.94. The zero-order valence-electron chi connectivity index (χ0n) is 11.7. The Bertz CT molecular complexity index is 444. The highest BCUT2D eigenvalue weighted by atomic mass is 16.6. The van der Waals surface area contributed by atoms with Gasteiger partial charge in [-0.3, -0.25) is 4.90 Å². The predicted octanol–water partition coefficient (Wildman–Crippen LogP) is 1.26. The number of carbonyl (C=O) groups is 1. The molecule has 20 heavy (non-hydrogen) atoms. The first kappa shape index (κ1) is 13.2. The predicted molar refractivity (Wildman–Crippen MR) is 78.0 cm³/mol. The van der Waals surface area contributed by atoms with E-state index in [9.17, 15) is 4.79 Å². The number of anilines is 1. The Kier molecular flexibility index (Phi) is 4.06. The van der Waals surface area contributed by atoms with Crippen molar-refractivity contribution >= 4 is 11.8 Å². The zero-order chi connectivity index (χ0) is 13.8. The van der Waals surface area contributed by atoms with E-state index in [1.165, 1.54) is 5.69 Å². The van der Waals surface area contributed by atoms with E-state index < -0.39 is 0 Å². The molecule has 0 saturated carbocycles. The van der Waals surface area contributed by atoms with Crippen LogP contribution < -0.4 is 4.90 Å². The highest BCUT2D eigenvalue weighted by molar-refractivity contribution is 5.69. The van der Waals surface area contributed by atoms with E-state index in [4.69, 9.17) is 4.74 Å². The van der Waals surface area contributed by atoms with E-state index in [0.717, 1.165) is 45.8 Å². The van der Waals surface area contributed by atoms with Crippen LogP contribution in [0, 0.1) is 0 Å². The van der Waals surface area contributed by atoms with Crippen molar-refractivity contribution in [1.29, 1.82) is 0 Å². The molecule has 5 nitrogen and oxygen atoms in total. The first-order valence-corrected chi connectivity index (χ1v) is 7.27. The number of piperazine rings is 1. The highest BCUT2D eigenvalue weighted by Crippen LogP contribution is 2.15. The van der Waals surface area contributed by atoms with E-state index in [1.54, 1.807) is 4.90 Å². The third kappa shape index (κ3) is 3.04. The van der Waals surface area contributed by atoms with Crippen LogP contribution >= 0.6 is 0 Å². The summed E-state index contributed by atoms with van der Waals surface area (Å²) in [5, 5.41) is 0. The maximum absolute atomic E-state index is 11.4. The molecule has 2 heterocycles. The van der Waals surface area contributed by atoms with Crippen molar-refractivity contribution < 1.29 is 9.53 Å². The Balaban J connectivity index is 1.43. The maximum Gasteiger partial charge on any atom is 0.409 e. The Morgan fingerprint density at radius 3 is 2.35 bits per heavy atom. The molecule has 2 saturated heterocycles. The van der Waals surface area contributed by atoms with Gasteiger partial charge >= 0.3 is 6.09 Å². The van der Waals surface area contributed by atoms with Crippen molar-refractivity contribution in [1.82, 2.24) is 9.80 Å². The third-order valence-electron chi connectivity index (χ3n) is 4.02. The Hall–Kier alpha value is -1.75. The molecule has 2 fully saturated rings. The molecular formula is C15H21N3O2. The molecule has 1 aromatic rings. The summed E-state index contributed by atoms with van der Waals surface area (Å²) >= 11 is 0. The summed E-state index contributed by atoms with van der Waals surface area (Å²) in [7, 11) is 0. The molecule has 0 aromatic heterocycles. The molecule has 0 aliphatic carbocycles. The third-order valence-corrected chi connectivity index (χ3v) is 4.02. The number of cyclic esters (lactones) is 1. The molecule has 0 N–H and O–H groups in total. The molecule has 2 aliphatic heterocycles. The van der Waals surface area contributed by atoms with E-state index >= 15 is 0 Å². The summed E-state index contributed by atoms with van der Waals surface area (Å²) in [5.41, 5.74) is 1.30. The largest absolute Gasteiger partial charge is 0.448 e. The van der Waals surface area contributed by atoms with Crippen LogP contribution in [0.4, 0.5) is 10.5 Å². The number of rotatable bonds is 4. The van der Waals surface area contributed by atoms with Crippen LogP contribution in [-0.4, -0.2) is 68.3 Å². The molecule has 0 spiro atoms. The van der Waals surface area contributed by atoms with E-state index in [0.29, 0.717) is 6.61 Å². The molecule has 2 aliphatic rings. The molecule has 108 valence electrons. The van der Waals surface area contributed by atoms with Crippen molar-refractivity contribution in [3.05, 3.63) is 30.3 Å². The monoisotopic (exact) mass is 275 g/mol. The smallest absolute Gasteiger partial charge is 0.409 e. The summed E-state index contributed by atoms with van der Waals surface area (Å²) in [6.07, 6.45) is -0.159. The molecule has 3 rings (SSSR count). The van der Waals surface area contributed by atoms with Gasteiger partial charge in [0.05, 0.1) is 6.54 Å². The Morgan fingerprint density at radius 2 is 1.70 bits per heavy atom. The molecule has 0 unspecified atom stereocenters. The fourth-order valence-corrected chi connectivity index (χ4v) is 2.76. The molecule has 1 aromatic carbocycles. The highest BCUT2D eigenvalue weighted by Gasteiger charge is 2.23. The van der Waals surface area contributed by atoms with Gasteiger partial charge in [0.2, 0.25) is 0 Å². The number of ether oxygens (including phenoxy) is 1. The number of hydrogen-bond donors (Lipinski definition) is 0. The van der Waals surface area contributed by atoms with Gasteiger partial charge in [-0.15, -0.1) is 0 Å². The van der Waals surface area contributed by atoms with Crippen LogP contribution in [0.15, 0.2) is 30.3 Å². The van der Waals surface area contributed by atoms with Gasteiger partial charge in [-0.25, -0.2) is 4.79 Å². The number of amides is 1. The van der Waals surface area contributed by atoms with Gasteiger partial charge in [0.1, 0.15) is 6.61 Å². The number of para-hydroxylation sites is 1. The fraction of sp³-hybridized carbons (Fsp3) is 0.533. The number of carbonyl (C=O) groups excluding carboxylic acids is 1. The quantitative estimate of drug-likeness (QED) is 0.829. The van der Waals surface area contributed by atoms with Crippen LogP contribution in [-0.2, 0) is 4.74 Å². The Labute approximate surface area is 119 Å². The lowest BCUT2D eigenvalue weighted by Crippen LogP contribution is -2.48. The SMILES string of the molecule is O=C1OCCN1CCN1CCN(c2ccccc2)CC1. The fourth-order valence-electron chi connectivity index (χ4n) is 2.76. The average Bonchev–Trinajstić information content (AvgIpc) is 2.92. The normalized spacial score (nSPS) is 20.3. The summed E-state index contributed by atoms with van der Waals surface area (Å²) in [6, 6.07) is 10.5. The van der Waals surface area contributed by atoms with Gasteiger partial charge < -0.3 is 14.5 Å². The van der Waals surface area contributed by atoms with Gasteiger partial charge in [-0.05, 0) is 12.1 Å². The van der Waals surface area contributed by atoms with Gasteiger partial charge in [-0.2, -0.15) is 0 Å². The van der Waals surface area contributed by atoms with E-state index in [1.807, 2.05) is 0 Å². The molecule has 1 amide bonds. The maximum atomic E-state index is 11.4. The van der Waals surface area contributed by atoms with Gasteiger partial charge in [0, 0.05) is 45.0 Å². The lowest BCUT2D eigenvalue weighted by molar-refractivity contribution is 0.152. The number of hydrogen-bond acceptors (Lipinski definition) is 4. The van der Waals surface area contributed by atoms with Crippen LogP contribution in [0.25, 0.3) is 0 Å². The van der Waals surface area contributed by atoms with Crippen molar-refractivity contribution in [2.45, 2.75) is 0 Å². The minimum Gasteiger partial charge on any atom is -0.448 e. The van der Waals surface area contributed by atoms with Crippen LogP contribution in [0.1, 0.15) is 0 Å². The first-order chi connectivity index (χ1) is 9.83. The second-order valence-electron chi connectivity index (χ2n) is 5.27. The molecule has 0 radical (unpaired) electrons. The van der Waals surface area contributed by atoms with E-state index in [-0.39, 0.29) is 6.09 Å². The average molecular weight is 275 g/mol. The molecular weight excluding hydrogens is 254 g/mol. The van der Waals surface area contributed by atoms with Crippen LogP contribution in [0.3, 0.4) is 0 Å². The second-order valence-corrected chi connectivity index (χ2v) is 5.27. The van der Waals surface area contributed by atoms with Gasteiger partial charge in [-0.1, -0.05) is 18.2 Å². The number of nitrogens with zero attached hydrogens (tertiary/aromatic N) is 3. The van der Waals surface area contributed by atoms with Crippen LogP contribution in [0.2, 0.25) is 0 Å². The standard InChI is InChI=1S/C15H21N3O2/c19-15-18(12-13-20-15)11-8-16-6-9-17(10-7-16)14-4-2-1-3-5-14/h1-5H,6-13H2. The molecule has 0 atom stereocenters. The van der Waals surface area contributed by atoms with Gasteiger partial charge in [0.25, 0.3) is 0 Å². The minimum absolute atomic E-state index is 0.159. The van der Waals surface area contributed by atoms with Crippen LogP contribution in [0.5, 0.6) is 0 Å². The van der Waals surface area contributed by atoms with Gasteiger partial charge in [0.15, 0.2) is 0 Å². The van der Waals surface area contributed by atoms with E-state index in [2.05, 4.69) is 40.1 Å². The lowest BCUT2D eigenvalue weighted by Gasteiger charge is -2.36. The van der Waals surface area contributed by atoms with Crippen molar-refractivity contribution in [3.63, 3.8) is 0 Å². The lowest BCUT2D eigenvalue weighted by atomic mass is 10.2. The zero-order valence-corrected chi connectivity index (χ0v) is 11.7. The van der Waals surface area contributed by atoms with Crippen molar-refractivity contribution in [2.75, 3.05) is 57.3 Å². The summed E-state index contributed by atoms with van der Waals surface area (Å²) in [6.45, 7) is 7.21. The van der Waals surface area contributed by atoms with Crippen molar-refractivity contribution in [2.24, 2.45) is 0 Å². The number of benzene rings is 1. The second kappa shape index (κ2) is 6.13. The Morgan fingerprint density at radius 1 is 0.950 bits per heavy atom. The van der Waals surface area contributed by atoms with Crippen molar-refractivity contribution in [3.8, 4) is 0 Å². The summed E-state index contributed by atoms with van der Waals surface area (Å²) in [4.78, 5) is 18.0. The topological polar surface area (TPSA) is 36.0 Å². The minimum atomic E-state index is -0.159. The first-order valence-electron chi connectivity index (χ1n) is 7.27. The molecule has 5 heteroatoms. The molecule has 0 bridgehead atoms. The summed E-state index contributed by atoms with van der Waals surface area (Å²) in [5.74, 6) is 0.